The minimum Gasteiger partial charge on any atom is -0.449 e. The molecule has 0 heterocycles. The summed E-state index contributed by atoms with van der Waals surface area (Å²) in [5.74, 6) is -1.05. The van der Waals surface area contributed by atoms with Crippen LogP contribution in [0.5, 0.6) is 0 Å². The Morgan fingerprint density at radius 2 is 1.72 bits per heavy atom. The zero-order valence-electron chi connectivity index (χ0n) is 17.7. The van der Waals surface area contributed by atoms with Gasteiger partial charge in [0.25, 0.3) is 5.91 Å². The number of esters is 1. The van der Waals surface area contributed by atoms with Crippen LogP contribution in [-0.2, 0) is 19.6 Å². The monoisotopic (exact) mass is 424 g/mol. The number of carbonyl (C=O) groups is 2. The van der Waals surface area contributed by atoms with E-state index in [-0.39, 0.29) is 28.4 Å². The molecule has 0 bridgehead atoms. The zero-order valence-corrected chi connectivity index (χ0v) is 18.5. The fourth-order valence-electron chi connectivity index (χ4n) is 3.25. The van der Waals surface area contributed by atoms with Crippen LogP contribution in [0.2, 0.25) is 0 Å². The third kappa shape index (κ3) is 6.27. The minimum atomic E-state index is -3.72. The fraction of sp³-hybridized carbons (Fsp3) is 0.619. The van der Waals surface area contributed by atoms with Gasteiger partial charge in [-0.2, -0.15) is 4.31 Å². The minimum absolute atomic E-state index is 0.0127. The average Bonchev–Trinajstić information content (AvgIpc) is 2.95. The molecule has 1 aromatic carbocycles. The van der Waals surface area contributed by atoms with Crippen molar-refractivity contribution >= 4 is 21.9 Å². The summed E-state index contributed by atoms with van der Waals surface area (Å²) in [6, 6.07) is 5.59. The van der Waals surface area contributed by atoms with E-state index in [2.05, 4.69) is 5.32 Å². The number of sulfonamides is 1. The van der Waals surface area contributed by atoms with Crippen LogP contribution in [0, 0.1) is 0 Å². The van der Waals surface area contributed by atoms with Gasteiger partial charge in [0.2, 0.25) is 10.0 Å². The fourth-order valence-corrected chi connectivity index (χ4v) is 4.67. The second kappa shape index (κ2) is 10.2. The highest BCUT2D eigenvalue weighted by atomic mass is 32.2. The lowest BCUT2D eigenvalue weighted by molar-refractivity contribution is -0.129. The Kier molecular flexibility index (Phi) is 8.22. The topological polar surface area (TPSA) is 92.8 Å². The summed E-state index contributed by atoms with van der Waals surface area (Å²) in [7, 11) is -2.22. The summed E-state index contributed by atoms with van der Waals surface area (Å²) >= 11 is 0. The molecule has 1 atom stereocenters. The third-order valence-electron chi connectivity index (χ3n) is 5.33. The van der Waals surface area contributed by atoms with Crippen LogP contribution in [0.1, 0.15) is 69.7 Å². The van der Waals surface area contributed by atoms with Crippen LogP contribution >= 0.6 is 0 Å². The highest BCUT2D eigenvalue weighted by Gasteiger charge is 2.26. The van der Waals surface area contributed by atoms with E-state index >= 15 is 0 Å². The molecule has 1 amide bonds. The first kappa shape index (κ1) is 23.3. The maximum atomic E-state index is 12.6. The largest absolute Gasteiger partial charge is 0.449 e. The SMILES string of the molecule is CC(C)N(C)S(=O)(=O)c1cccc(C(=O)O[C@H](C)C(=O)NC2CCCCCC2)c1. The molecule has 0 spiro atoms. The van der Waals surface area contributed by atoms with E-state index in [9.17, 15) is 18.0 Å². The Morgan fingerprint density at radius 3 is 2.31 bits per heavy atom. The summed E-state index contributed by atoms with van der Waals surface area (Å²) in [6.45, 7) is 5.06. The Balaban J connectivity index is 2.04. The van der Waals surface area contributed by atoms with Gasteiger partial charge < -0.3 is 10.1 Å². The molecule has 0 saturated heterocycles. The van der Waals surface area contributed by atoms with Crippen molar-refractivity contribution in [2.24, 2.45) is 0 Å². The summed E-state index contributed by atoms with van der Waals surface area (Å²) < 4.78 is 31.8. The molecule has 1 saturated carbocycles. The van der Waals surface area contributed by atoms with Crippen LogP contribution in [0.15, 0.2) is 29.2 Å². The standard InChI is InChI=1S/C21H32N2O5S/c1-15(2)23(4)29(26,27)19-13-9-10-17(14-19)21(25)28-16(3)20(24)22-18-11-7-5-6-8-12-18/h9-10,13-16,18H,5-8,11-12H2,1-4H3,(H,22,24)/t16-/m1/s1. The summed E-state index contributed by atoms with van der Waals surface area (Å²) in [5.41, 5.74) is 0.0948. The van der Waals surface area contributed by atoms with E-state index in [1.165, 1.54) is 55.4 Å². The van der Waals surface area contributed by atoms with E-state index in [0.717, 1.165) is 25.7 Å². The number of benzene rings is 1. The number of nitrogens with zero attached hydrogens (tertiary/aromatic N) is 1. The van der Waals surface area contributed by atoms with E-state index < -0.39 is 22.1 Å². The van der Waals surface area contributed by atoms with Crippen molar-refractivity contribution in [3.63, 3.8) is 0 Å². The molecule has 2 rings (SSSR count). The van der Waals surface area contributed by atoms with Crippen molar-refractivity contribution in [1.29, 1.82) is 0 Å². The van der Waals surface area contributed by atoms with Gasteiger partial charge in [-0.25, -0.2) is 13.2 Å². The van der Waals surface area contributed by atoms with Crippen LogP contribution in [-0.4, -0.2) is 49.8 Å². The van der Waals surface area contributed by atoms with Gasteiger partial charge in [-0.1, -0.05) is 31.7 Å². The summed E-state index contributed by atoms with van der Waals surface area (Å²) in [5, 5.41) is 2.96. The quantitative estimate of drug-likeness (QED) is 0.536. The van der Waals surface area contributed by atoms with E-state index in [4.69, 9.17) is 4.74 Å². The predicted molar refractivity (Wildman–Crippen MR) is 111 cm³/mol. The number of rotatable bonds is 7. The number of amides is 1. The lowest BCUT2D eigenvalue weighted by Gasteiger charge is -2.21. The molecule has 1 aliphatic rings. The van der Waals surface area contributed by atoms with Crippen LogP contribution < -0.4 is 5.32 Å². The molecular weight excluding hydrogens is 392 g/mol. The maximum absolute atomic E-state index is 12.6. The lowest BCUT2D eigenvalue weighted by atomic mass is 10.1. The number of ether oxygens (including phenoxy) is 1. The highest BCUT2D eigenvalue weighted by molar-refractivity contribution is 7.89. The Morgan fingerprint density at radius 1 is 1.10 bits per heavy atom. The molecule has 0 aromatic heterocycles. The van der Waals surface area contributed by atoms with Crippen LogP contribution in [0.3, 0.4) is 0 Å². The maximum Gasteiger partial charge on any atom is 0.338 e. The van der Waals surface area contributed by atoms with E-state index in [0.29, 0.717) is 0 Å². The molecule has 29 heavy (non-hydrogen) atoms. The number of hydrogen-bond donors (Lipinski definition) is 1. The van der Waals surface area contributed by atoms with E-state index in [1.54, 1.807) is 13.8 Å². The Bertz CT molecular complexity index is 814. The molecule has 0 aliphatic heterocycles. The van der Waals surface area contributed by atoms with Gasteiger partial charge in [-0.15, -0.1) is 0 Å². The Labute approximate surface area is 173 Å². The molecule has 1 aliphatic carbocycles. The summed E-state index contributed by atoms with van der Waals surface area (Å²) in [6.07, 6.45) is 5.47. The zero-order chi connectivity index (χ0) is 21.6. The number of nitrogens with one attached hydrogen (secondary N) is 1. The molecule has 1 N–H and O–H groups in total. The third-order valence-corrected chi connectivity index (χ3v) is 7.36. The molecular formula is C21H32N2O5S. The van der Waals surface area contributed by atoms with Gasteiger partial charge in [-0.05, 0) is 51.8 Å². The van der Waals surface area contributed by atoms with Crippen molar-refractivity contribution < 1.29 is 22.7 Å². The van der Waals surface area contributed by atoms with Crippen molar-refractivity contribution in [1.82, 2.24) is 9.62 Å². The van der Waals surface area contributed by atoms with Gasteiger partial charge in [0.1, 0.15) is 0 Å². The van der Waals surface area contributed by atoms with Crippen molar-refractivity contribution in [2.45, 2.75) is 82.4 Å². The first-order valence-electron chi connectivity index (χ1n) is 10.2. The molecule has 0 unspecified atom stereocenters. The van der Waals surface area contributed by atoms with E-state index in [1.807, 2.05) is 0 Å². The van der Waals surface area contributed by atoms with Gasteiger partial charge in [0, 0.05) is 19.1 Å². The van der Waals surface area contributed by atoms with Crippen molar-refractivity contribution in [3.8, 4) is 0 Å². The van der Waals surface area contributed by atoms with Crippen LogP contribution in [0.25, 0.3) is 0 Å². The molecule has 162 valence electrons. The molecule has 8 heteroatoms. The molecule has 1 aromatic rings. The van der Waals surface area contributed by atoms with Gasteiger partial charge in [-0.3, -0.25) is 4.79 Å². The van der Waals surface area contributed by atoms with Crippen molar-refractivity contribution in [2.75, 3.05) is 7.05 Å². The highest BCUT2D eigenvalue weighted by Crippen LogP contribution is 2.19. The normalized spacial score (nSPS) is 17.0. The number of hydrogen-bond acceptors (Lipinski definition) is 5. The first-order valence-corrected chi connectivity index (χ1v) is 11.7. The lowest BCUT2D eigenvalue weighted by Crippen LogP contribution is -2.41. The molecule has 1 fully saturated rings. The van der Waals surface area contributed by atoms with Crippen LogP contribution in [0.4, 0.5) is 0 Å². The van der Waals surface area contributed by atoms with Gasteiger partial charge in [0.15, 0.2) is 6.10 Å². The molecule has 0 radical (unpaired) electrons. The molecule has 7 nitrogen and oxygen atoms in total. The average molecular weight is 425 g/mol. The van der Waals surface area contributed by atoms with Gasteiger partial charge >= 0.3 is 5.97 Å². The Hall–Kier alpha value is -1.93. The van der Waals surface area contributed by atoms with Gasteiger partial charge in [0.05, 0.1) is 10.5 Å². The smallest absolute Gasteiger partial charge is 0.338 e. The van der Waals surface area contributed by atoms with Crippen molar-refractivity contribution in [3.05, 3.63) is 29.8 Å². The predicted octanol–water partition coefficient (Wildman–Crippen LogP) is 3.10. The first-order chi connectivity index (χ1) is 13.6. The second-order valence-electron chi connectivity index (χ2n) is 7.89. The number of carbonyl (C=O) groups excluding carboxylic acids is 2. The summed E-state index contributed by atoms with van der Waals surface area (Å²) in [4.78, 5) is 24.9. The second-order valence-corrected chi connectivity index (χ2v) is 9.88.